The molecule has 0 amide bonds. The number of aromatic nitrogens is 2. The quantitative estimate of drug-likeness (QED) is 0.876. The van der Waals surface area contributed by atoms with Crippen LogP contribution in [0.15, 0.2) is 23.8 Å². The molecular formula is C9H5ClN2O2S. The Morgan fingerprint density at radius 3 is 2.87 bits per heavy atom. The van der Waals surface area contributed by atoms with Crippen LogP contribution >= 0.6 is 22.9 Å². The van der Waals surface area contributed by atoms with E-state index in [1.165, 1.54) is 17.4 Å². The van der Waals surface area contributed by atoms with Gasteiger partial charge in [-0.05, 0) is 12.1 Å². The van der Waals surface area contributed by atoms with Crippen LogP contribution in [0.1, 0.15) is 10.5 Å². The van der Waals surface area contributed by atoms with Gasteiger partial charge in [0.05, 0.1) is 21.1 Å². The molecular weight excluding hydrogens is 236 g/mol. The molecule has 2 rings (SSSR count). The number of nitrogens with zero attached hydrogens (tertiary/aromatic N) is 2. The van der Waals surface area contributed by atoms with Crippen LogP contribution in [-0.4, -0.2) is 21.0 Å². The lowest BCUT2D eigenvalue weighted by Gasteiger charge is -2.00. The fourth-order valence-electron chi connectivity index (χ4n) is 1.07. The monoisotopic (exact) mass is 240 g/mol. The van der Waals surface area contributed by atoms with E-state index < -0.39 is 5.97 Å². The number of aromatic carboxylic acids is 1. The molecule has 1 N–H and O–H groups in total. The molecule has 0 atom stereocenters. The molecule has 0 fully saturated rings. The molecule has 0 unspecified atom stereocenters. The van der Waals surface area contributed by atoms with Crippen molar-refractivity contribution in [2.24, 2.45) is 0 Å². The van der Waals surface area contributed by atoms with E-state index in [1.54, 1.807) is 17.8 Å². The smallest absolute Gasteiger partial charge is 0.356 e. The largest absolute Gasteiger partial charge is 0.476 e. The third kappa shape index (κ3) is 1.98. The van der Waals surface area contributed by atoms with Crippen LogP contribution in [0.2, 0.25) is 5.02 Å². The summed E-state index contributed by atoms with van der Waals surface area (Å²) >= 11 is 7.09. The second-order valence-corrected chi connectivity index (χ2v) is 3.99. The van der Waals surface area contributed by atoms with Gasteiger partial charge < -0.3 is 5.11 Å². The number of hydrogen-bond acceptors (Lipinski definition) is 4. The Hall–Kier alpha value is -1.46. The zero-order valence-corrected chi connectivity index (χ0v) is 8.92. The summed E-state index contributed by atoms with van der Waals surface area (Å²) in [7, 11) is 0. The van der Waals surface area contributed by atoms with Crippen molar-refractivity contribution in [1.29, 1.82) is 0 Å². The first kappa shape index (κ1) is 10.1. The zero-order chi connectivity index (χ0) is 10.8. The third-order valence-corrected chi connectivity index (χ3v) is 2.83. The standard InChI is InChI=1S/C9H5ClN2O2S/c10-5-1-2-6(7-3-11-4-15-7)12-8(5)9(13)14/h1-4H,(H,13,14). The molecule has 0 aromatic carbocycles. The molecule has 2 heterocycles. The normalized spacial score (nSPS) is 10.2. The van der Waals surface area contributed by atoms with E-state index in [4.69, 9.17) is 16.7 Å². The van der Waals surface area contributed by atoms with Crippen molar-refractivity contribution < 1.29 is 9.90 Å². The van der Waals surface area contributed by atoms with E-state index >= 15 is 0 Å². The topological polar surface area (TPSA) is 63.1 Å². The van der Waals surface area contributed by atoms with Crippen molar-refractivity contribution in [3.8, 4) is 10.6 Å². The van der Waals surface area contributed by atoms with Crippen molar-refractivity contribution in [1.82, 2.24) is 9.97 Å². The molecule has 2 aromatic rings. The van der Waals surface area contributed by atoms with Gasteiger partial charge in [-0.3, -0.25) is 4.98 Å². The number of carboxylic acid groups (broad SMARTS) is 1. The lowest BCUT2D eigenvalue weighted by molar-refractivity contribution is 0.0691. The number of carbonyl (C=O) groups is 1. The molecule has 2 aromatic heterocycles. The molecule has 0 spiro atoms. The molecule has 6 heteroatoms. The fraction of sp³-hybridized carbons (Fsp3) is 0. The van der Waals surface area contributed by atoms with Gasteiger partial charge >= 0.3 is 5.97 Å². The molecule has 0 saturated carbocycles. The lowest BCUT2D eigenvalue weighted by Crippen LogP contribution is -2.01. The van der Waals surface area contributed by atoms with Crippen molar-refractivity contribution >= 4 is 28.9 Å². The van der Waals surface area contributed by atoms with Crippen molar-refractivity contribution in [2.75, 3.05) is 0 Å². The second-order valence-electron chi connectivity index (χ2n) is 2.70. The molecule has 0 radical (unpaired) electrons. The molecule has 0 aliphatic carbocycles. The van der Waals surface area contributed by atoms with E-state index in [2.05, 4.69) is 9.97 Å². The molecule has 0 saturated heterocycles. The molecule has 15 heavy (non-hydrogen) atoms. The van der Waals surface area contributed by atoms with Crippen LogP contribution in [0.4, 0.5) is 0 Å². The maximum absolute atomic E-state index is 10.8. The Morgan fingerprint density at radius 2 is 2.27 bits per heavy atom. The fourth-order valence-corrected chi connectivity index (χ4v) is 1.85. The maximum Gasteiger partial charge on any atom is 0.356 e. The Bertz CT molecular complexity index is 499. The van der Waals surface area contributed by atoms with Gasteiger partial charge in [0.25, 0.3) is 0 Å². The second kappa shape index (κ2) is 3.96. The Balaban J connectivity index is 2.52. The van der Waals surface area contributed by atoms with Crippen LogP contribution in [0, 0.1) is 0 Å². The molecule has 0 aliphatic heterocycles. The minimum atomic E-state index is -1.13. The summed E-state index contributed by atoms with van der Waals surface area (Å²) in [6.45, 7) is 0. The average Bonchev–Trinajstić information content (AvgIpc) is 2.71. The van der Waals surface area contributed by atoms with E-state index in [0.29, 0.717) is 5.69 Å². The summed E-state index contributed by atoms with van der Waals surface area (Å²) in [5.41, 5.74) is 2.09. The van der Waals surface area contributed by atoms with Crippen LogP contribution < -0.4 is 0 Å². The predicted molar refractivity (Wildman–Crippen MR) is 57.3 cm³/mol. The summed E-state index contributed by atoms with van der Waals surface area (Å²) in [4.78, 5) is 19.4. The van der Waals surface area contributed by atoms with Gasteiger partial charge in [0.2, 0.25) is 0 Å². The van der Waals surface area contributed by atoms with E-state index in [9.17, 15) is 4.79 Å². The van der Waals surface area contributed by atoms with Gasteiger partial charge in [0, 0.05) is 6.20 Å². The highest BCUT2D eigenvalue weighted by Crippen LogP contribution is 2.24. The van der Waals surface area contributed by atoms with Gasteiger partial charge in [-0.2, -0.15) is 0 Å². The van der Waals surface area contributed by atoms with E-state index in [0.717, 1.165) is 4.88 Å². The van der Waals surface area contributed by atoms with Gasteiger partial charge in [-0.15, -0.1) is 11.3 Å². The third-order valence-electron chi connectivity index (χ3n) is 1.73. The predicted octanol–water partition coefficient (Wildman–Crippen LogP) is 2.56. The highest BCUT2D eigenvalue weighted by Gasteiger charge is 2.12. The lowest BCUT2D eigenvalue weighted by atomic mass is 10.3. The van der Waals surface area contributed by atoms with E-state index in [1.807, 2.05) is 0 Å². The van der Waals surface area contributed by atoms with Gasteiger partial charge in [0.15, 0.2) is 5.69 Å². The zero-order valence-electron chi connectivity index (χ0n) is 7.35. The Morgan fingerprint density at radius 1 is 1.47 bits per heavy atom. The van der Waals surface area contributed by atoms with Crippen molar-refractivity contribution in [3.63, 3.8) is 0 Å². The van der Waals surface area contributed by atoms with Gasteiger partial charge in [0.1, 0.15) is 0 Å². The summed E-state index contributed by atoms with van der Waals surface area (Å²) in [6.07, 6.45) is 1.63. The first-order valence-electron chi connectivity index (χ1n) is 3.97. The highest BCUT2D eigenvalue weighted by atomic mass is 35.5. The molecule has 0 aliphatic rings. The molecule has 0 bridgehead atoms. The van der Waals surface area contributed by atoms with Crippen LogP contribution in [0.5, 0.6) is 0 Å². The SMILES string of the molecule is O=C(O)c1nc(-c2cncs2)ccc1Cl. The number of rotatable bonds is 2. The van der Waals surface area contributed by atoms with Gasteiger partial charge in [-0.25, -0.2) is 9.78 Å². The number of carboxylic acids is 1. The van der Waals surface area contributed by atoms with Crippen molar-refractivity contribution in [2.45, 2.75) is 0 Å². The highest BCUT2D eigenvalue weighted by molar-refractivity contribution is 7.13. The minimum absolute atomic E-state index is 0.135. The van der Waals surface area contributed by atoms with Crippen LogP contribution in [0.25, 0.3) is 10.6 Å². The molecule has 4 nitrogen and oxygen atoms in total. The number of pyridine rings is 1. The Kier molecular flexibility index (Phi) is 2.66. The van der Waals surface area contributed by atoms with Crippen molar-refractivity contribution in [3.05, 3.63) is 34.6 Å². The van der Waals surface area contributed by atoms with E-state index in [-0.39, 0.29) is 10.7 Å². The summed E-state index contributed by atoms with van der Waals surface area (Å²) in [5.74, 6) is -1.13. The van der Waals surface area contributed by atoms with Gasteiger partial charge in [-0.1, -0.05) is 11.6 Å². The number of hydrogen-bond donors (Lipinski definition) is 1. The maximum atomic E-state index is 10.8. The summed E-state index contributed by atoms with van der Waals surface area (Å²) < 4.78 is 0. The van der Waals surface area contributed by atoms with Crippen LogP contribution in [0.3, 0.4) is 0 Å². The first-order valence-corrected chi connectivity index (χ1v) is 5.23. The minimum Gasteiger partial charge on any atom is -0.476 e. The Labute approximate surface area is 94.2 Å². The molecule has 76 valence electrons. The first-order chi connectivity index (χ1) is 7.18. The van der Waals surface area contributed by atoms with Crippen LogP contribution in [-0.2, 0) is 0 Å². The number of thiazole rings is 1. The number of halogens is 1. The summed E-state index contributed by atoms with van der Waals surface area (Å²) in [6, 6.07) is 3.19. The average molecular weight is 241 g/mol. The summed E-state index contributed by atoms with van der Waals surface area (Å²) in [5, 5.41) is 8.96.